The van der Waals surface area contributed by atoms with E-state index in [0.29, 0.717) is 86.4 Å². The number of aromatic hydroxyl groups is 1. The van der Waals surface area contributed by atoms with Crippen molar-refractivity contribution in [3.05, 3.63) is 205 Å². The maximum Gasteiger partial charge on any atom is 0.268 e. The molecule has 6 aromatic heterocycles. The van der Waals surface area contributed by atoms with Gasteiger partial charge in [-0.1, -0.05) is 91.5 Å². The first-order valence-corrected chi connectivity index (χ1v) is 30.7. The fourth-order valence-electron chi connectivity index (χ4n) is 9.78. The monoisotopic (exact) mass is 1240 g/mol. The summed E-state index contributed by atoms with van der Waals surface area (Å²) in [5.74, 6) is 2.94. The van der Waals surface area contributed by atoms with Gasteiger partial charge in [-0.25, -0.2) is 23.4 Å². The lowest BCUT2D eigenvalue weighted by molar-refractivity contribution is 0.416. The highest BCUT2D eigenvalue weighted by atomic mass is 32.2. The van der Waals surface area contributed by atoms with Crippen LogP contribution >= 0.6 is 0 Å². The van der Waals surface area contributed by atoms with Gasteiger partial charge >= 0.3 is 0 Å². The van der Waals surface area contributed by atoms with Gasteiger partial charge in [-0.2, -0.15) is 0 Å². The van der Waals surface area contributed by atoms with E-state index < -0.39 is 15.1 Å². The van der Waals surface area contributed by atoms with Crippen LogP contribution in [0.2, 0.25) is 0 Å². The molecule has 1 aliphatic heterocycles. The van der Waals surface area contributed by atoms with E-state index in [1.807, 2.05) is 131 Å². The van der Waals surface area contributed by atoms with Gasteiger partial charge < -0.3 is 33.3 Å². The number of hydrogen-bond donors (Lipinski definition) is 2. The Balaban J connectivity index is 0.000000224. The van der Waals surface area contributed by atoms with Crippen LogP contribution in [0.4, 0.5) is 0 Å². The number of methoxy groups -OCH3 is 1. The lowest BCUT2D eigenvalue weighted by atomic mass is 10.0. The van der Waals surface area contributed by atoms with Crippen molar-refractivity contribution < 1.29 is 38.6 Å². The molecule has 0 saturated carbocycles. The van der Waals surface area contributed by atoms with Crippen molar-refractivity contribution in [3.8, 4) is 114 Å². The van der Waals surface area contributed by atoms with Gasteiger partial charge in [0.1, 0.15) is 28.6 Å². The van der Waals surface area contributed by atoms with E-state index in [-0.39, 0.29) is 29.6 Å². The maximum absolute atomic E-state index is 12.4. The summed E-state index contributed by atoms with van der Waals surface area (Å²) in [4.78, 5) is 29.7. The number of rotatable bonds is 15. The highest BCUT2D eigenvalue weighted by Crippen LogP contribution is 2.34. The Kier molecular flexibility index (Phi) is 18.4. The number of phenolic OH excluding ortho intramolecular Hbond substituents is 1. The van der Waals surface area contributed by atoms with Gasteiger partial charge in [0.2, 0.25) is 17.7 Å². The predicted octanol–water partition coefficient (Wildman–Crippen LogP) is 14.6. The fourth-order valence-corrected chi connectivity index (χ4v) is 10.8. The first-order valence-electron chi connectivity index (χ1n) is 29.2. The van der Waals surface area contributed by atoms with Gasteiger partial charge in [0, 0.05) is 66.3 Å². The van der Waals surface area contributed by atoms with E-state index in [1.165, 1.54) is 12.0 Å². The lowest BCUT2D eigenvalue weighted by Crippen LogP contribution is -2.13. The van der Waals surface area contributed by atoms with Crippen molar-refractivity contribution in [3.63, 3.8) is 0 Å². The number of aromatic nitrogens is 12. The van der Waals surface area contributed by atoms with Crippen LogP contribution in [0.25, 0.3) is 109 Å². The summed E-state index contributed by atoms with van der Waals surface area (Å²) in [7, 11) is 2.21. The number of phenols is 1. The average Bonchev–Trinajstić information content (AvgIpc) is 1.38. The molecule has 0 radical (unpaired) electrons. The molecule has 91 heavy (non-hydrogen) atoms. The summed E-state index contributed by atoms with van der Waals surface area (Å²) < 4.78 is 47.9. The van der Waals surface area contributed by atoms with Crippen molar-refractivity contribution in [1.82, 2.24) is 70.7 Å². The van der Waals surface area contributed by atoms with Crippen LogP contribution in [0.15, 0.2) is 195 Å². The number of hydrogen-bond acceptors (Lipinski definition) is 21. The highest BCUT2D eigenvalue weighted by molar-refractivity contribution is 7.92. The Labute approximate surface area is 533 Å². The topological polar surface area (TPSA) is 273 Å². The Morgan fingerprint density at radius 2 is 1.05 bits per heavy atom. The van der Waals surface area contributed by atoms with Crippen molar-refractivity contribution in [1.29, 1.82) is 0 Å². The number of nitrogens with one attached hydrogen (secondary N) is 1. The van der Waals surface area contributed by atoms with E-state index >= 15 is 0 Å². The second-order valence-electron chi connectivity index (χ2n) is 21.7. The van der Waals surface area contributed by atoms with Crippen LogP contribution in [-0.2, 0) is 9.84 Å². The molecular formula is C69H74N14O7S. The van der Waals surface area contributed by atoms with E-state index in [4.69, 9.17) is 28.0 Å². The quantitative estimate of drug-likeness (QED) is 0.0965. The van der Waals surface area contributed by atoms with E-state index in [9.17, 15) is 13.5 Å². The molecule has 2 N–H and O–H groups in total. The van der Waals surface area contributed by atoms with Gasteiger partial charge in [0.25, 0.3) is 17.7 Å². The minimum absolute atomic E-state index is 0. The summed E-state index contributed by atoms with van der Waals surface area (Å²) >= 11 is 0. The molecule has 0 spiro atoms. The second-order valence-corrected chi connectivity index (χ2v) is 24.2. The van der Waals surface area contributed by atoms with E-state index in [0.717, 1.165) is 57.8 Å². The fraction of sp³-hybridized carbons (Fsp3) is 0.188. The van der Waals surface area contributed by atoms with Crippen LogP contribution in [-0.4, -0.2) is 112 Å². The molecule has 1 saturated heterocycles. The maximum atomic E-state index is 12.4. The Morgan fingerprint density at radius 3 is 1.57 bits per heavy atom. The van der Waals surface area contributed by atoms with Crippen LogP contribution in [0, 0.1) is 20.8 Å². The van der Waals surface area contributed by atoms with Gasteiger partial charge in [-0.3, -0.25) is 15.0 Å². The largest absolute Gasteiger partial charge is 0.508 e. The van der Waals surface area contributed by atoms with Crippen LogP contribution < -0.4 is 10.1 Å². The van der Waals surface area contributed by atoms with Crippen LogP contribution in [0.5, 0.6) is 11.5 Å². The number of aryl methyl sites for hydroxylation is 3. The minimum atomic E-state index is -3.34. The molecule has 21 nitrogen and oxygen atoms in total. The second kappa shape index (κ2) is 27.2. The number of ether oxygens (including phenoxy) is 1. The smallest absolute Gasteiger partial charge is 0.268 e. The molecular weight excluding hydrogens is 1170 g/mol. The van der Waals surface area contributed by atoms with Crippen LogP contribution in [0.3, 0.4) is 0 Å². The summed E-state index contributed by atoms with van der Waals surface area (Å²) in [6.45, 7) is 14.0. The van der Waals surface area contributed by atoms with Crippen LogP contribution in [0.1, 0.15) is 68.1 Å². The van der Waals surface area contributed by atoms with Crippen molar-refractivity contribution in [2.45, 2.75) is 63.6 Å². The standard InChI is InChI=1S/C26H27N5O3S.C23H21N5O2.C20H16N4O2.5H2/c1-16(2)35(32,33)21-11-9-18(10-12-21)23-15-28-17(3)24(29-23)26-31-30-25(34-26)20-7-4-6-19(14-20)22-8-5-13-27-22;1-14-21(23-27-26-22(30-23)18-6-5-7-19(29)12-18)25-20(13-24-14)17-10-8-16(9-11-17)15(2)28(3)4;1-13-18(20-24-23-19(26-20)14-8-4-3-5-9-14)22-16(12-21-13)15-10-6-7-11-17(15)25-2;;;;;/h4,6-7,9-12,14-16,22,27H,5,8,13H2,1-3H3;5-13,29H,2H2,1,3-4H3;3-12H,1-2H3;5*1H. The first-order chi connectivity index (χ1) is 44.0. The molecule has 1 fully saturated rings. The summed E-state index contributed by atoms with van der Waals surface area (Å²) in [5, 5.41) is 37.7. The van der Waals surface area contributed by atoms with Gasteiger partial charge in [-0.05, 0) is 132 Å². The molecule has 468 valence electrons. The van der Waals surface area contributed by atoms with Gasteiger partial charge in [-0.15, -0.1) is 30.6 Å². The predicted molar refractivity (Wildman–Crippen MR) is 357 cm³/mol. The lowest BCUT2D eigenvalue weighted by Gasteiger charge is -2.16. The zero-order valence-corrected chi connectivity index (χ0v) is 52.1. The number of benzene rings is 6. The third kappa shape index (κ3) is 14.0. The summed E-state index contributed by atoms with van der Waals surface area (Å²) in [6, 6.07) is 47.1. The normalized spacial score (nSPS) is 12.8. The Hall–Kier alpha value is -11.0. The molecule has 7 heterocycles. The molecule has 6 aromatic carbocycles. The summed E-state index contributed by atoms with van der Waals surface area (Å²) in [6.07, 6.45) is 7.38. The number of para-hydroxylation sites is 1. The van der Waals surface area contributed by atoms with E-state index in [1.54, 1.807) is 88.1 Å². The minimum Gasteiger partial charge on any atom is -0.508 e. The Bertz CT molecular complexity index is 4670. The molecule has 0 bridgehead atoms. The van der Waals surface area contributed by atoms with Crippen molar-refractivity contribution in [2.24, 2.45) is 0 Å². The summed E-state index contributed by atoms with van der Waals surface area (Å²) in [5.41, 5.74) is 13.7. The highest BCUT2D eigenvalue weighted by Gasteiger charge is 2.23. The van der Waals surface area contributed by atoms with Crippen molar-refractivity contribution >= 4 is 15.5 Å². The Morgan fingerprint density at radius 1 is 0.582 bits per heavy atom. The molecule has 12 aromatic rings. The molecule has 1 atom stereocenters. The van der Waals surface area contributed by atoms with Gasteiger partial charge in [0.05, 0.1) is 70.0 Å². The molecule has 0 aliphatic carbocycles. The molecule has 22 heteroatoms. The zero-order valence-electron chi connectivity index (χ0n) is 51.3. The van der Waals surface area contributed by atoms with E-state index in [2.05, 4.69) is 74.6 Å². The number of sulfone groups is 1. The third-order valence-electron chi connectivity index (χ3n) is 15.0. The first kappa shape index (κ1) is 61.7. The molecule has 0 amide bonds. The SMILES string of the molecule is C=C(c1ccc(-c2cnc(C)c(-c3nnc(-c4cccc(O)c4)o3)n2)cc1)N(C)C.COc1ccccc1-c1cnc(C)c(-c2nnc(-c3ccccc3)o2)n1.Cc1ncc(-c2ccc(S(=O)(=O)C(C)C)cc2)nc1-c1nnc(-c2cccc(C3CCCN3)c2)o1.[HH].[HH].[HH].[HH].[HH]. The molecule has 13 rings (SSSR count). The molecule has 1 aliphatic rings. The van der Waals surface area contributed by atoms with Crippen molar-refractivity contribution in [2.75, 3.05) is 27.7 Å². The zero-order chi connectivity index (χ0) is 63.8. The molecule has 1 unspecified atom stereocenters. The average molecular weight is 1240 g/mol. The number of nitrogens with zero attached hydrogens (tertiary/aromatic N) is 13. The van der Waals surface area contributed by atoms with Gasteiger partial charge in [0.15, 0.2) is 9.84 Å². The third-order valence-corrected chi connectivity index (χ3v) is 17.2.